The lowest BCUT2D eigenvalue weighted by Gasteiger charge is -2.09. The van der Waals surface area contributed by atoms with Gasteiger partial charge in [-0.2, -0.15) is 0 Å². The monoisotopic (exact) mass is 337 g/mol. The molecule has 0 N–H and O–H groups in total. The van der Waals surface area contributed by atoms with Crippen molar-refractivity contribution in [2.45, 2.75) is 19.9 Å². The summed E-state index contributed by atoms with van der Waals surface area (Å²) >= 11 is 0. The summed E-state index contributed by atoms with van der Waals surface area (Å²) < 4.78 is 2.42. The van der Waals surface area contributed by atoms with Crippen LogP contribution in [0.15, 0.2) is 97.1 Å². The van der Waals surface area contributed by atoms with Crippen molar-refractivity contribution in [2.24, 2.45) is 0 Å². The molecule has 4 rings (SSSR count). The first kappa shape index (κ1) is 16.4. The SMILES string of the molecule is C=C(/C=C/C)Cc1ccc(Cn2c3ccccc3c3ccccc32)cc1. The van der Waals surface area contributed by atoms with Crippen LogP contribution >= 0.6 is 0 Å². The molecule has 0 spiro atoms. The summed E-state index contributed by atoms with van der Waals surface area (Å²) in [5.41, 5.74) is 6.34. The number of benzene rings is 3. The molecule has 0 saturated heterocycles. The van der Waals surface area contributed by atoms with Crippen molar-refractivity contribution in [3.8, 4) is 0 Å². The number of para-hydroxylation sites is 2. The first-order valence-electron chi connectivity index (χ1n) is 9.10. The van der Waals surface area contributed by atoms with Gasteiger partial charge in [-0.1, -0.05) is 85.0 Å². The molecule has 4 aromatic rings. The topological polar surface area (TPSA) is 4.93 Å². The zero-order valence-electron chi connectivity index (χ0n) is 15.2. The molecule has 0 saturated carbocycles. The maximum atomic E-state index is 4.10. The summed E-state index contributed by atoms with van der Waals surface area (Å²) in [7, 11) is 0. The van der Waals surface area contributed by atoms with E-state index in [0.717, 1.165) is 18.5 Å². The Morgan fingerprint density at radius 1 is 0.808 bits per heavy atom. The largest absolute Gasteiger partial charge is 0.336 e. The molecule has 128 valence electrons. The Morgan fingerprint density at radius 3 is 1.92 bits per heavy atom. The van der Waals surface area contributed by atoms with Gasteiger partial charge in [-0.15, -0.1) is 0 Å². The molecule has 1 nitrogen and oxygen atoms in total. The Balaban J connectivity index is 1.68. The van der Waals surface area contributed by atoms with Crippen LogP contribution in [0, 0.1) is 0 Å². The van der Waals surface area contributed by atoms with Gasteiger partial charge in [0.05, 0.1) is 0 Å². The summed E-state index contributed by atoms with van der Waals surface area (Å²) in [5.74, 6) is 0. The summed E-state index contributed by atoms with van der Waals surface area (Å²) in [6.45, 7) is 7.01. The van der Waals surface area contributed by atoms with E-state index in [1.54, 1.807) is 0 Å². The van der Waals surface area contributed by atoms with Crippen molar-refractivity contribution < 1.29 is 0 Å². The van der Waals surface area contributed by atoms with E-state index in [9.17, 15) is 0 Å². The van der Waals surface area contributed by atoms with Gasteiger partial charge < -0.3 is 4.57 Å². The summed E-state index contributed by atoms with van der Waals surface area (Å²) in [4.78, 5) is 0. The fourth-order valence-corrected chi connectivity index (χ4v) is 3.68. The molecule has 1 heteroatoms. The predicted molar refractivity (Wildman–Crippen MR) is 113 cm³/mol. The van der Waals surface area contributed by atoms with Crippen LogP contribution in [-0.4, -0.2) is 4.57 Å². The maximum Gasteiger partial charge on any atom is 0.0494 e. The average Bonchev–Trinajstić information content (AvgIpc) is 2.98. The number of nitrogens with zero attached hydrogens (tertiary/aromatic N) is 1. The maximum absolute atomic E-state index is 4.10. The van der Waals surface area contributed by atoms with Crippen molar-refractivity contribution in [2.75, 3.05) is 0 Å². The Morgan fingerprint density at radius 2 is 1.35 bits per heavy atom. The molecular weight excluding hydrogens is 314 g/mol. The highest BCUT2D eigenvalue weighted by molar-refractivity contribution is 6.08. The van der Waals surface area contributed by atoms with Crippen LogP contribution in [0.4, 0.5) is 0 Å². The quantitative estimate of drug-likeness (QED) is 0.365. The van der Waals surface area contributed by atoms with Crippen molar-refractivity contribution in [3.05, 3.63) is 108 Å². The summed E-state index contributed by atoms with van der Waals surface area (Å²) in [6.07, 6.45) is 5.02. The van der Waals surface area contributed by atoms with E-state index < -0.39 is 0 Å². The Labute approximate surface area is 154 Å². The highest BCUT2D eigenvalue weighted by Gasteiger charge is 2.09. The Bertz CT molecular complexity index is 1040. The average molecular weight is 337 g/mol. The number of fused-ring (bicyclic) bond motifs is 3. The highest BCUT2D eigenvalue weighted by atomic mass is 15.0. The van der Waals surface area contributed by atoms with Crippen LogP contribution in [0.3, 0.4) is 0 Å². The highest BCUT2D eigenvalue weighted by Crippen LogP contribution is 2.29. The lowest BCUT2D eigenvalue weighted by Crippen LogP contribution is -1.99. The molecular formula is C25H23N. The molecule has 0 fully saturated rings. The van der Waals surface area contributed by atoms with Gasteiger partial charge in [0.2, 0.25) is 0 Å². The number of hydrogen-bond acceptors (Lipinski definition) is 0. The molecule has 0 aliphatic carbocycles. The van der Waals surface area contributed by atoms with Gasteiger partial charge in [0, 0.05) is 28.4 Å². The second kappa shape index (κ2) is 7.05. The molecule has 0 amide bonds. The summed E-state index contributed by atoms with van der Waals surface area (Å²) in [5, 5.41) is 2.64. The zero-order valence-corrected chi connectivity index (χ0v) is 15.2. The molecule has 3 aromatic carbocycles. The van der Waals surface area contributed by atoms with Gasteiger partial charge in [-0.05, 0) is 36.6 Å². The third kappa shape index (κ3) is 3.09. The van der Waals surface area contributed by atoms with E-state index >= 15 is 0 Å². The fraction of sp³-hybridized carbons (Fsp3) is 0.120. The molecule has 0 radical (unpaired) electrons. The third-order valence-corrected chi connectivity index (χ3v) is 4.88. The van der Waals surface area contributed by atoms with Crippen LogP contribution in [0.25, 0.3) is 21.8 Å². The lowest BCUT2D eigenvalue weighted by atomic mass is 10.0. The van der Waals surface area contributed by atoms with E-state index in [2.05, 4.69) is 90.0 Å². The molecule has 0 atom stereocenters. The first-order chi connectivity index (χ1) is 12.8. The second-order valence-electron chi connectivity index (χ2n) is 6.77. The van der Waals surface area contributed by atoms with Crippen molar-refractivity contribution >= 4 is 21.8 Å². The smallest absolute Gasteiger partial charge is 0.0494 e. The second-order valence-corrected chi connectivity index (χ2v) is 6.77. The van der Waals surface area contributed by atoms with E-state index in [1.165, 1.54) is 32.9 Å². The van der Waals surface area contributed by atoms with Gasteiger partial charge >= 0.3 is 0 Å². The van der Waals surface area contributed by atoms with Gasteiger partial charge in [-0.25, -0.2) is 0 Å². The molecule has 1 heterocycles. The fourth-order valence-electron chi connectivity index (χ4n) is 3.68. The van der Waals surface area contributed by atoms with Crippen LogP contribution < -0.4 is 0 Å². The Kier molecular flexibility index (Phi) is 4.45. The predicted octanol–water partition coefficient (Wildman–Crippen LogP) is 6.52. The van der Waals surface area contributed by atoms with Crippen molar-refractivity contribution in [3.63, 3.8) is 0 Å². The molecule has 1 aromatic heterocycles. The van der Waals surface area contributed by atoms with Crippen LogP contribution in [0.1, 0.15) is 18.1 Å². The summed E-state index contributed by atoms with van der Waals surface area (Å²) in [6, 6.07) is 26.2. The van der Waals surface area contributed by atoms with Gasteiger partial charge in [0.15, 0.2) is 0 Å². The molecule has 0 bridgehead atoms. The zero-order chi connectivity index (χ0) is 17.9. The molecule has 26 heavy (non-hydrogen) atoms. The first-order valence-corrected chi connectivity index (χ1v) is 9.10. The molecule has 0 aliphatic heterocycles. The number of hydrogen-bond donors (Lipinski definition) is 0. The van der Waals surface area contributed by atoms with Crippen molar-refractivity contribution in [1.29, 1.82) is 0 Å². The molecule has 0 aliphatic rings. The van der Waals surface area contributed by atoms with Crippen LogP contribution in [-0.2, 0) is 13.0 Å². The van der Waals surface area contributed by atoms with Crippen molar-refractivity contribution in [1.82, 2.24) is 4.57 Å². The number of aromatic nitrogens is 1. The minimum Gasteiger partial charge on any atom is -0.336 e. The minimum absolute atomic E-state index is 0.879. The van der Waals surface area contributed by atoms with E-state index in [-0.39, 0.29) is 0 Å². The normalized spacial score (nSPS) is 11.6. The third-order valence-electron chi connectivity index (χ3n) is 4.88. The lowest BCUT2D eigenvalue weighted by molar-refractivity contribution is 0.868. The Hall–Kier alpha value is -3.06. The number of allylic oxidation sites excluding steroid dienone is 3. The van der Waals surface area contributed by atoms with Gasteiger partial charge in [0.25, 0.3) is 0 Å². The number of rotatable bonds is 5. The van der Waals surface area contributed by atoms with E-state index in [1.807, 2.05) is 13.0 Å². The van der Waals surface area contributed by atoms with Gasteiger partial charge in [-0.3, -0.25) is 0 Å². The van der Waals surface area contributed by atoms with Gasteiger partial charge in [0.1, 0.15) is 0 Å². The van der Waals surface area contributed by atoms with Crippen LogP contribution in [0.5, 0.6) is 0 Å². The van der Waals surface area contributed by atoms with Crippen LogP contribution in [0.2, 0.25) is 0 Å². The molecule has 0 unspecified atom stereocenters. The minimum atomic E-state index is 0.879. The van der Waals surface area contributed by atoms with E-state index in [4.69, 9.17) is 0 Å². The standard InChI is InChI=1S/C25H23N/c1-3-8-19(2)17-20-13-15-21(16-14-20)18-26-24-11-6-4-9-22(24)23-10-5-7-12-25(23)26/h3-16H,2,17-18H2,1H3/b8-3+. The van der Waals surface area contributed by atoms with E-state index in [0.29, 0.717) is 0 Å².